The average molecular weight is 306 g/mol. The first-order valence-electron chi connectivity index (χ1n) is 5.77. The van der Waals surface area contributed by atoms with Crippen molar-refractivity contribution in [3.8, 4) is 0 Å². The molecule has 2 aromatic rings. The van der Waals surface area contributed by atoms with Gasteiger partial charge >= 0.3 is 0 Å². The smallest absolute Gasteiger partial charge is 0.133 e. The van der Waals surface area contributed by atoms with Crippen LogP contribution in [0.5, 0.6) is 0 Å². The first-order valence-corrected chi connectivity index (χ1v) is 6.57. The van der Waals surface area contributed by atoms with E-state index >= 15 is 0 Å². The van der Waals surface area contributed by atoms with E-state index in [1.54, 1.807) is 0 Å². The minimum absolute atomic E-state index is 0.569. The molecule has 1 aromatic heterocycles. The number of halogens is 1. The summed E-state index contributed by atoms with van der Waals surface area (Å²) in [5.74, 6) is 0.927. The standard InChI is InChI=1S/C14H16BrN3/c1-10-13(15)7-8-14(17-10)18(2)12-5-3-11(9-16)4-6-12/h3-8H,9,16H2,1-2H3. The second-order valence-corrected chi connectivity index (χ2v) is 5.02. The molecule has 1 heterocycles. The summed E-state index contributed by atoms with van der Waals surface area (Å²) in [6, 6.07) is 12.2. The molecule has 0 radical (unpaired) electrons. The third-order valence-electron chi connectivity index (χ3n) is 2.91. The van der Waals surface area contributed by atoms with Gasteiger partial charge < -0.3 is 10.6 Å². The lowest BCUT2D eigenvalue weighted by Crippen LogP contribution is -2.11. The van der Waals surface area contributed by atoms with Gasteiger partial charge in [-0.05, 0) is 52.7 Å². The van der Waals surface area contributed by atoms with Crippen LogP contribution in [0.4, 0.5) is 11.5 Å². The van der Waals surface area contributed by atoms with Gasteiger partial charge in [-0.15, -0.1) is 0 Å². The lowest BCUT2D eigenvalue weighted by atomic mass is 10.2. The fourth-order valence-electron chi connectivity index (χ4n) is 1.71. The van der Waals surface area contributed by atoms with Crippen LogP contribution in [-0.2, 0) is 6.54 Å². The van der Waals surface area contributed by atoms with Crippen LogP contribution < -0.4 is 10.6 Å². The van der Waals surface area contributed by atoms with Gasteiger partial charge in [0, 0.05) is 23.8 Å². The summed E-state index contributed by atoms with van der Waals surface area (Å²) in [7, 11) is 2.01. The SMILES string of the molecule is Cc1nc(N(C)c2ccc(CN)cc2)ccc1Br. The van der Waals surface area contributed by atoms with Crippen LogP contribution in [0.25, 0.3) is 0 Å². The fraction of sp³-hybridized carbons (Fsp3) is 0.214. The van der Waals surface area contributed by atoms with E-state index in [4.69, 9.17) is 5.73 Å². The third kappa shape index (κ3) is 2.71. The zero-order valence-electron chi connectivity index (χ0n) is 10.5. The van der Waals surface area contributed by atoms with E-state index in [-0.39, 0.29) is 0 Å². The van der Waals surface area contributed by atoms with E-state index in [0.29, 0.717) is 6.54 Å². The molecule has 0 unspecified atom stereocenters. The summed E-state index contributed by atoms with van der Waals surface area (Å²) in [5.41, 5.74) is 8.81. The number of aromatic nitrogens is 1. The van der Waals surface area contributed by atoms with Crippen molar-refractivity contribution in [3.05, 3.63) is 52.1 Å². The van der Waals surface area contributed by atoms with Gasteiger partial charge in [-0.1, -0.05) is 12.1 Å². The number of anilines is 2. The van der Waals surface area contributed by atoms with Gasteiger partial charge in [-0.2, -0.15) is 0 Å². The van der Waals surface area contributed by atoms with E-state index in [9.17, 15) is 0 Å². The molecule has 0 aliphatic carbocycles. The molecular formula is C14H16BrN3. The van der Waals surface area contributed by atoms with Gasteiger partial charge in [0.15, 0.2) is 0 Å². The van der Waals surface area contributed by atoms with Crippen molar-refractivity contribution >= 4 is 27.4 Å². The number of nitrogens with two attached hydrogens (primary N) is 1. The predicted octanol–water partition coefficient (Wildman–Crippen LogP) is 3.38. The number of hydrogen-bond donors (Lipinski definition) is 1. The van der Waals surface area contributed by atoms with E-state index < -0.39 is 0 Å². The molecule has 2 rings (SSSR count). The first kappa shape index (κ1) is 13.1. The zero-order valence-corrected chi connectivity index (χ0v) is 12.1. The quantitative estimate of drug-likeness (QED) is 0.945. The number of benzene rings is 1. The monoisotopic (exact) mass is 305 g/mol. The van der Waals surface area contributed by atoms with E-state index in [2.05, 4.69) is 37.9 Å². The minimum Gasteiger partial charge on any atom is -0.329 e. The van der Waals surface area contributed by atoms with Crippen molar-refractivity contribution in [3.63, 3.8) is 0 Å². The number of rotatable bonds is 3. The summed E-state index contributed by atoms with van der Waals surface area (Å²) < 4.78 is 1.03. The average Bonchev–Trinajstić information content (AvgIpc) is 2.41. The molecule has 0 atom stereocenters. The van der Waals surface area contributed by atoms with Gasteiger partial charge in [0.2, 0.25) is 0 Å². The molecule has 94 valence electrons. The molecule has 0 saturated carbocycles. The Hall–Kier alpha value is -1.39. The Morgan fingerprint density at radius 1 is 1.17 bits per heavy atom. The summed E-state index contributed by atoms with van der Waals surface area (Å²) in [4.78, 5) is 6.60. The van der Waals surface area contributed by atoms with E-state index in [1.807, 2.05) is 38.2 Å². The molecular weight excluding hydrogens is 290 g/mol. The van der Waals surface area contributed by atoms with Crippen molar-refractivity contribution in [2.75, 3.05) is 11.9 Å². The molecule has 0 spiro atoms. The molecule has 3 nitrogen and oxygen atoms in total. The lowest BCUT2D eigenvalue weighted by molar-refractivity contribution is 1.06. The zero-order chi connectivity index (χ0) is 13.1. The topological polar surface area (TPSA) is 42.2 Å². The number of pyridine rings is 1. The maximum Gasteiger partial charge on any atom is 0.133 e. The molecule has 0 bridgehead atoms. The second-order valence-electron chi connectivity index (χ2n) is 4.17. The molecule has 0 aliphatic heterocycles. The Balaban J connectivity index is 2.28. The normalized spacial score (nSPS) is 10.4. The highest BCUT2D eigenvalue weighted by atomic mass is 79.9. The van der Waals surface area contributed by atoms with Crippen LogP contribution in [-0.4, -0.2) is 12.0 Å². The van der Waals surface area contributed by atoms with E-state index in [1.165, 1.54) is 0 Å². The fourth-order valence-corrected chi connectivity index (χ4v) is 1.93. The van der Waals surface area contributed by atoms with Gasteiger partial charge in [-0.3, -0.25) is 0 Å². The summed E-state index contributed by atoms with van der Waals surface area (Å²) in [5, 5.41) is 0. The first-order chi connectivity index (χ1) is 8.61. The second kappa shape index (κ2) is 5.50. The molecule has 18 heavy (non-hydrogen) atoms. The van der Waals surface area contributed by atoms with Crippen LogP contribution in [0, 0.1) is 6.92 Å². The molecule has 1 aromatic carbocycles. The van der Waals surface area contributed by atoms with Crippen molar-refractivity contribution < 1.29 is 0 Å². The lowest BCUT2D eigenvalue weighted by Gasteiger charge is -2.19. The van der Waals surface area contributed by atoms with E-state index in [0.717, 1.165) is 27.2 Å². The van der Waals surface area contributed by atoms with Crippen molar-refractivity contribution in [2.45, 2.75) is 13.5 Å². The maximum absolute atomic E-state index is 5.59. The Morgan fingerprint density at radius 3 is 2.39 bits per heavy atom. The largest absolute Gasteiger partial charge is 0.329 e. The van der Waals surface area contributed by atoms with Gasteiger partial charge in [0.1, 0.15) is 5.82 Å². The maximum atomic E-state index is 5.59. The number of nitrogens with zero attached hydrogens (tertiary/aromatic N) is 2. The number of aryl methyl sites for hydroxylation is 1. The van der Waals surface area contributed by atoms with Crippen molar-refractivity contribution in [2.24, 2.45) is 5.73 Å². The summed E-state index contributed by atoms with van der Waals surface area (Å²) in [6.45, 7) is 2.55. The Kier molecular flexibility index (Phi) is 3.99. The van der Waals surface area contributed by atoms with Crippen LogP contribution in [0.1, 0.15) is 11.3 Å². The highest BCUT2D eigenvalue weighted by Gasteiger charge is 2.06. The van der Waals surface area contributed by atoms with Crippen molar-refractivity contribution in [1.29, 1.82) is 0 Å². The molecule has 0 amide bonds. The van der Waals surface area contributed by atoms with Crippen LogP contribution in [0.3, 0.4) is 0 Å². The minimum atomic E-state index is 0.569. The Labute approximate surface area is 116 Å². The number of hydrogen-bond acceptors (Lipinski definition) is 3. The van der Waals surface area contributed by atoms with Gasteiger partial charge in [0.05, 0.1) is 5.69 Å². The van der Waals surface area contributed by atoms with Crippen LogP contribution in [0.15, 0.2) is 40.9 Å². The highest BCUT2D eigenvalue weighted by Crippen LogP contribution is 2.24. The molecule has 0 aliphatic rings. The highest BCUT2D eigenvalue weighted by molar-refractivity contribution is 9.10. The molecule has 0 fully saturated rings. The Bertz CT molecular complexity index is 537. The van der Waals surface area contributed by atoms with Crippen LogP contribution >= 0.6 is 15.9 Å². The predicted molar refractivity (Wildman–Crippen MR) is 79.1 cm³/mol. The summed E-state index contributed by atoms with van der Waals surface area (Å²) >= 11 is 3.46. The van der Waals surface area contributed by atoms with Crippen molar-refractivity contribution in [1.82, 2.24) is 4.98 Å². The van der Waals surface area contributed by atoms with Gasteiger partial charge in [0.25, 0.3) is 0 Å². The van der Waals surface area contributed by atoms with Gasteiger partial charge in [-0.25, -0.2) is 4.98 Å². The molecule has 4 heteroatoms. The Morgan fingerprint density at radius 2 is 1.83 bits per heavy atom. The molecule has 2 N–H and O–H groups in total. The third-order valence-corrected chi connectivity index (χ3v) is 3.75. The molecule has 0 saturated heterocycles. The van der Waals surface area contributed by atoms with Crippen LogP contribution in [0.2, 0.25) is 0 Å². The summed E-state index contributed by atoms with van der Waals surface area (Å²) in [6.07, 6.45) is 0.